The Kier molecular flexibility index (Phi) is 3.82. The van der Waals surface area contributed by atoms with Crippen molar-refractivity contribution in [2.45, 2.75) is 5.66 Å². The highest BCUT2D eigenvalue weighted by Crippen LogP contribution is 2.33. The Hall–Kier alpha value is -3.33. The summed E-state index contributed by atoms with van der Waals surface area (Å²) >= 11 is 0. The largest absolute Gasteiger partial charge is 0.285 e. The number of aliphatic imine (C=N–C) groups is 2. The Balaban J connectivity index is 1.94. The van der Waals surface area contributed by atoms with Crippen molar-refractivity contribution in [1.82, 2.24) is 0 Å². The fraction of sp³-hybridized carbons (Fsp3) is 0.0455. The van der Waals surface area contributed by atoms with Crippen molar-refractivity contribution in [2.75, 3.05) is 0 Å². The average molecular weight is 323 g/mol. The van der Waals surface area contributed by atoms with E-state index in [4.69, 9.17) is 9.98 Å². The minimum absolute atomic E-state index is 0.707. The molecule has 0 aromatic heterocycles. The molecule has 0 fully saturated rings. The van der Waals surface area contributed by atoms with Crippen LogP contribution in [0.1, 0.15) is 16.7 Å². The lowest BCUT2D eigenvalue weighted by molar-refractivity contribution is 0.505. The number of carbonyl (C=O) groups excluding carboxylic acids is 1. The Morgan fingerprint density at radius 3 is 1.40 bits per heavy atom. The highest BCUT2D eigenvalue weighted by molar-refractivity contribution is 6.54. The maximum absolute atomic E-state index is 11.9. The van der Waals surface area contributed by atoms with Crippen LogP contribution in [0, 0.1) is 0 Å². The van der Waals surface area contributed by atoms with Gasteiger partial charge in [-0.2, -0.15) is 0 Å². The summed E-state index contributed by atoms with van der Waals surface area (Å²) in [4.78, 5) is 21.4. The van der Waals surface area contributed by atoms with Gasteiger partial charge in [0.15, 0.2) is 0 Å². The van der Waals surface area contributed by atoms with Crippen LogP contribution < -0.4 is 0 Å². The maximum Gasteiger partial charge on any atom is 0.257 e. The van der Waals surface area contributed by atoms with Gasteiger partial charge in [-0.3, -0.25) is 4.79 Å². The molecular formula is C22H15N2O. The van der Waals surface area contributed by atoms with Gasteiger partial charge in [0.05, 0.1) is 11.4 Å². The summed E-state index contributed by atoms with van der Waals surface area (Å²) in [6.45, 7) is 0. The third-order valence-corrected chi connectivity index (χ3v) is 4.18. The van der Waals surface area contributed by atoms with E-state index >= 15 is 0 Å². The smallest absolute Gasteiger partial charge is 0.257 e. The van der Waals surface area contributed by atoms with Crippen LogP contribution in [0.15, 0.2) is 101 Å². The van der Waals surface area contributed by atoms with E-state index in [0.29, 0.717) is 17.0 Å². The van der Waals surface area contributed by atoms with Crippen LogP contribution in [0.3, 0.4) is 0 Å². The summed E-state index contributed by atoms with van der Waals surface area (Å²) in [7, 11) is 0. The maximum atomic E-state index is 11.9. The predicted molar refractivity (Wildman–Crippen MR) is 99.8 cm³/mol. The van der Waals surface area contributed by atoms with E-state index in [1.54, 1.807) is 0 Å². The highest BCUT2D eigenvalue weighted by atomic mass is 16.1. The van der Waals surface area contributed by atoms with Crippen molar-refractivity contribution in [3.63, 3.8) is 0 Å². The standard InChI is InChI=1S/C22H15N2O/c25-16-22(19-14-8-3-9-15-19)23-20(17-10-4-1-5-11-17)21(24-22)18-12-6-2-7-13-18/h1-15H. The normalized spacial score (nSPS) is 15.4. The molecule has 0 saturated heterocycles. The Morgan fingerprint density at radius 2 is 1.00 bits per heavy atom. The van der Waals surface area contributed by atoms with Crippen molar-refractivity contribution in [1.29, 1.82) is 0 Å². The van der Waals surface area contributed by atoms with Gasteiger partial charge in [-0.1, -0.05) is 91.0 Å². The number of nitrogens with zero attached hydrogens (tertiary/aromatic N) is 2. The molecule has 0 bridgehead atoms. The first-order chi connectivity index (χ1) is 12.3. The first kappa shape index (κ1) is 15.2. The monoisotopic (exact) mass is 323 g/mol. The van der Waals surface area contributed by atoms with Crippen molar-refractivity contribution < 1.29 is 4.79 Å². The average Bonchev–Trinajstić information content (AvgIpc) is 3.11. The van der Waals surface area contributed by atoms with E-state index in [0.717, 1.165) is 11.1 Å². The van der Waals surface area contributed by atoms with Gasteiger partial charge in [-0.15, -0.1) is 0 Å². The second kappa shape index (κ2) is 6.29. The summed E-state index contributed by atoms with van der Waals surface area (Å²) in [5.74, 6) is 0. The zero-order valence-electron chi connectivity index (χ0n) is 13.5. The molecule has 3 aromatic rings. The van der Waals surface area contributed by atoms with E-state index < -0.39 is 5.66 Å². The second-order valence-electron chi connectivity index (χ2n) is 5.79. The number of benzene rings is 3. The molecule has 3 heteroatoms. The van der Waals surface area contributed by atoms with Gasteiger partial charge in [0.25, 0.3) is 6.29 Å². The van der Waals surface area contributed by atoms with E-state index in [1.165, 1.54) is 0 Å². The molecule has 119 valence electrons. The molecule has 0 atom stereocenters. The SMILES string of the molecule is O=[C]C1(c2ccccc2)N=C(c2ccccc2)C(c2ccccc2)=N1. The number of hydrogen-bond donors (Lipinski definition) is 0. The van der Waals surface area contributed by atoms with Crippen LogP contribution in [-0.2, 0) is 10.5 Å². The van der Waals surface area contributed by atoms with Crippen molar-refractivity contribution in [3.8, 4) is 0 Å². The molecule has 0 spiro atoms. The third-order valence-electron chi connectivity index (χ3n) is 4.18. The van der Waals surface area contributed by atoms with Crippen LogP contribution in [0.25, 0.3) is 0 Å². The predicted octanol–water partition coefficient (Wildman–Crippen LogP) is 3.94. The van der Waals surface area contributed by atoms with E-state index in [1.807, 2.05) is 91.0 Å². The molecule has 1 radical (unpaired) electrons. The summed E-state index contributed by atoms with van der Waals surface area (Å²) in [5, 5.41) is 0. The van der Waals surface area contributed by atoms with Crippen molar-refractivity contribution >= 4 is 17.7 Å². The Labute approximate surface area is 146 Å². The van der Waals surface area contributed by atoms with Gasteiger partial charge in [0, 0.05) is 16.7 Å². The minimum atomic E-state index is -1.35. The summed E-state index contributed by atoms with van der Waals surface area (Å²) in [6, 6.07) is 29.0. The zero-order valence-corrected chi connectivity index (χ0v) is 13.5. The number of rotatable bonds is 4. The quantitative estimate of drug-likeness (QED) is 0.717. The molecule has 1 aliphatic rings. The molecule has 0 N–H and O–H groups in total. The van der Waals surface area contributed by atoms with Gasteiger partial charge < -0.3 is 0 Å². The van der Waals surface area contributed by atoms with Gasteiger partial charge in [-0.25, -0.2) is 9.98 Å². The first-order valence-electron chi connectivity index (χ1n) is 8.08. The fourth-order valence-electron chi connectivity index (χ4n) is 2.95. The molecule has 4 rings (SSSR count). The van der Waals surface area contributed by atoms with Gasteiger partial charge in [0.2, 0.25) is 5.66 Å². The molecule has 0 aliphatic carbocycles. The third kappa shape index (κ3) is 2.70. The van der Waals surface area contributed by atoms with Crippen LogP contribution in [0.4, 0.5) is 0 Å². The molecular weight excluding hydrogens is 308 g/mol. The highest BCUT2D eigenvalue weighted by Gasteiger charge is 2.39. The fourth-order valence-corrected chi connectivity index (χ4v) is 2.95. The molecule has 0 amide bonds. The van der Waals surface area contributed by atoms with Crippen molar-refractivity contribution in [3.05, 3.63) is 108 Å². The lowest BCUT2D eigenvalue weighted by Gasteiger charge is -2.14. The molecule has 1 aliphatic heterocycles. The topological polar surface area (TPSA) is 41.8 Å². The molecule has 3 nitrogen and oxygen atoms in total. The molecule has 1 heterocycles. The number of hydrogen-bond acceptors (Lipinski definition) is 3. The Bertz CT molecular complexity index is 890. The lowest BCUT2D eigenvalue weighted by Crippen LogP contribution is -2.20. The first-order valence-corrected chi connectivity index (χ1v) is 8.08. The van der Waals surface area contributed by atoms with Gasteiger partial charge in [-0.05, 0) is 0 Å². The molecule has 0 saturated carbocycles. The van der Waals surface area contributed by atoms with E-state index in [9.17, 15) is 4.79 Å². The zero-order chi connectivity index (χ0) is 17.1. The van der Waals surface area contributed by atoms with Crippen LogP contribution in [-0.4, -0.2) is 17.7 Å². The van der Waals surface area contributed by atoms with Crippen LogP contribution in [0.5, 0.6) is 0 Å². The van der Waals surface area contributed by atoms with Gasteiger partial charge in [0.1, 0.15) is 0 Å². The van der Waals surface area contributed by atoms with Crippen molar-refractivity contribution in [2.24, 2.45) is 9.98 Å². The minimum Gasteiger partial charge on any atom is -0.285 e. The molecule has 25 heavy (non-hydrogen) atoms. The Morgan fingerprint density at radius 1 is 0.600 bits per heavy atom. The van der Waals surface area contributed by atoms with E-state index in [-0.39, 0.29) is 0 Å². The molecule has 3 aromatic carbocycles. The molecule has 0 unspecified atom stereocenters. The summed E-state index contributed by atoms with van der Waals surface area (Å²) in [6.07, 6.45) is 2.07. The lowest BCUT2D eigenvalue weighted by atomic mass is 10.0. The van der Waals surface area contributed by atoms with E-state index in [2.05, 4.69) is 6.29 Å². The summed E-state index contributed by atoms with van der Waals surface area (Å²) < 4.78 is 0. The summed E-state index contributed by atoms with van der Waals surface area (Å²) in [5.41, 5.74) is 2.64. The van der Waals surface area contributed by atoms with Crippen LogP contribution >= 0.6 is 0 Å². The van der Waals surface area contributed by atoms with Crippen LogP contribution in [0.2, 0.25) is 0 Å². The van der Waals surface area contributed by atoms with Gasteiger partial charge >= 0.3 is 0 Å². The second-order valence-corrected chi connectivity index (χ2v) is 5.79.